The van der Waals surface area contributed by atoms with Gasteiger partial charge in [-0.3, -0.25) is 4.79 Å². The maximum atomic E-state index is 12.7. The summed E-state index contributed by atoms with van der Waals surface area (Å²) in [5.41, 5.74) is 0. The summed E-state index contributed by atoms with van der Waals surface area (Å²) in [4.78, 5) is 12.7. The van der Waals surface area contributed by atoms with Gasteiger partial charge in [-0.15, -0.1) is 0 Å². The average Bonchev–Trinajstić information content (AvgIpc) is 2.90. The van der Waals surface area contributed by atoms with E-state index in [1.807, 2.05) is 0 Å². The van der Waals surface area contributed by atoms with E-state index in [4.69, 9.17) is 4.74 Å². The predicted molar refractivity (Wildman–Crippen MR) is 165 cm³/mol. The third kappa shape index (κ3) is 26.8. The lowest BCUT2D eigenvalue weighted by atomic mass is 9.94. The Kier molecular flexibility index (Phi) is 29.6. The number of esters is 1. The molecule has 0 aliphatic rings. The van der Waals surface area contributed by atoms with E-state index in [0.717, 1.165) is 6.42 Å². The van der Waals surface area contributed by atoms with Crippen LogP contribution in [0.4, 0.5) is 0 Å². The molecule has 2 nitrogen and oxygen atoms in total. The first-order valence-corrected chi connectivity index (χ1v) is 17.3. The Bertz CT molecular complexity index is 447. The molecular weight excluding hydrogens is 452 g/mol. The lowest BCUT2D eigenvalue weighted by molar-refractivity contribution is -0.149. The van der Waals surface area contributed by atoms with Gasteiger partial charge in [-0.05, 0) is 25.2 Å². The SMILES string of the molecule is CCCCCCCCCCCCC(C)C(=O)OCC(CCCCCCCC)CCCCCCCCCC. The molecule has 0 rings (SSSR count). The van der Waals surface area contributed by atoms with E-state index in [9.17, 15) is 4.79 Å². The van der Waals surface area contributed by atoms with E-state index in [1.54, 1.807) is 0 Å². The topological polar surface area (TPSA) is 26.3 Å². The maximum Gasteiger partial charge on any atom is 0.308 e. The summed E-state index contributed by atoms with van der Waals surface area (Å²) in [6, 6.07) is 0. The Morgan fingerprint density at radius 2 is 0.757 bits per heavy atom. The number of hydrogen-bond acceptors (Lipinski definition) is 2. The van der Waals surface area contributed by atoms with E-state index in [1.165, 1.54) is 167 Å². The van der Waals surface area contributed by atoms with Gasteiger partial charge in [0.15, 0.2) is 0 Å². The van der Waals surface area contributed by atoms with Crippen molar-refractivity contribution in [3.63, 3.8) is 0 Å². The fourth-order valence-electron chi connectivity index (χ4n) is 5.49. The van der Waals surface area contributed by atoms with Crippen molar-refractivity contribution in [2.75, 3.05) is 6.61 Å². The van der Waals surface area contributed by atoms with Crippen LogP contribution in [0.1, 0.15) is 201 Å². The smallest absolute Gasteiger partial charge is 0.308 e. The summed E-state index contributed by atoms with van der Waals surface area (Å²) in [7, 11) is 0. The molecular formula is C35H70O2. The average molecular weight is 523 g/mol. The summed E-state index contributed by atoms with van der Waals surface area (Å²) < 4.78 is 5.89. The minimum atomic E-state index is 0.0554. The molecule has 0 bridgehead atoms. The van der Waals surface area contributed by atoms with Crippen molar-refractivity contribution in [1.82, 2.24) is 0 Å². The Hall–Kier alpha value is -0.530. The molecule has 0 saturated heterocycles. The molecule has 37 heavy (non-hydrogen) atoms. The molecule has 0 aliphatic heterocycles. The molecule has 0 aromatic carbocycles. The number of carbonyl (C=O) groups excluding carboxylic acids is 1. The fraction of sp³-hybridized carbons (Fsp3) is 0.971. The molecule has 0 aromatic rings. The highest BCUT2D eigenvalue weighted by Crippen LogP contribution is 2.21. The summed E-state index contributed by atoms with van der Waals surface area (Å²) in [5.74, 6) is 0.686. The van der Waals surface area contributed by atoms with Crippen molar-refractivity contribution in [1.29, 1.82) is 0 Å². The van der Waals surface area contributed by atoms with Crippen LogP contribution in [0.25, 0.3) is 0 Å². The molecule has 2 unspecified atom stereocenters. The normalized spacial score (nSPS) is 13.1. The van der Waals surface area contributed by atoms with Crippen LogP contribution in [-0.2, 0) is 9.53 Å². The van der Waals surface area contributed by atoms with Crippen molar-refractivity contribution in [3.05, 3.63) is 0 Å². The zero-order valence-electron chi connectivity index (χ0n) is 26.3. The molecule has 0 fully saturated rings. The van der Waals surface area contributed by atoms with Crippen molar-refractivity contribution in [2.24, 2.45) is 11.8 Å². The molecule has 0 N–H and O–H groups in total. The van der Waals surface area contributed by atoms with Gasteiger partial charge in [-0.1, -0.05) is 182 Å². The minimum Gasteiger partial charge on any atom is -0.465 e. The third-order valence-corrected chi connectivity index (χ3v) is 8.29. The highest BCUT2D eigenvalue weighted by molar-refractivity contribution is 5.71. The first-order chi connectivity index (χ1) is 18.2. The number of rotatable bonds is 30. The van der Waals surface area contributed by atoms with E-state index in [-0.39, 0.29) is 11.9 Å². The number of ether oxygens (including phenoxy) is 1. The lowest BCUT2D eigenvalue weighted by Crippen LogP contribution is -2.20. The van der Waals surface area contributed by atoms with Crippen LogP contribution in [0.2, 0.25) is 0 Å². The summed E-state index contributed by atoms with van der Waals surface area (Å²) >= 11 is 0. The van der Waals surface area contributed by atoms with Gasteiger partial charge in [-0.25, -0.2) is 0 Å². The molecule has 0 saturated carbocycles. The van der Waals surface area contributed by atoms with Crippen molar-refractivity contribution < 1.29 is 9.53 Å². The number of hydrogen-bond donors (Lipinski definition) is 0. The van der Waals surface area contributed by atoms with Gasteiger partial charge in [0.05, 0.1) is 12.5 Å². The van der Waals surface area contributed by atoms with Crippen molar-refractivity contribution in [2.45, 2.75) is 201 Å². The second-order valence-corrected chi connectivity index (χ2v) is 12.2. The van der Waals surface area contributed by atoms with Crippen LogP contribution in [0.15, 0.2) is 0 Å². The molecule has 2 heteroatoms. The molecule has 0 heterocycles. The van der Waals surface area contributed by atoms with E-state index in [0.29, 0.717) is 12.5 Å². The second-order valence-electron chi connectivity index (χ2n) is 12.2. The van der Waals surface area contributed by atoms with Crippen LogP contribution >= 0.6 is 0 Å². The standard InChI is InChI=1S/C35H70O2/c1-5-8-11-14-17-19-20-21-23-26-29-33(4)35(36)37-32-34(30-27-24-16-13-10-7-3)31-28-25-22-18-15-12-9-6-2/h33-34H,5-32H2,1-4H3. The van der Waals surface area contributed by atoms with E-state index >= 15 is 0 Å². The van der Waals surface area contributed by atoms with Crippen LogP contribution in [0.5, 0.6) is 0 Å². The second kappa shape index (κ2) is 30.0. The van der Waals surface area contributed by atoms with Gasteiger partial charge in [-0.2, -0.15) is 0 Å². The van der Waals surface area contributed by atoms with E-state index < -0.39 is 0 Å². The van der Waals surface area contributed by atoms with Crippen LogP contribution in [0, 0.1) is 11.8 Å². The fourth-order valence-corrected chi connectivity index (χ4v) is 5.49. The minimum absolute atomic E-state index is 0.0554. The Morgan fingerprint density at radius 3 is 1.11 bits per heavy atom. The highest BCUT2D eigenvalue weighted by atomic mass is 16.5. The van der Waals surface area contributed by atoms with Crippen molar-refractivity contribution in [3.8, 4) is 0 Å². The molecule has 0 aliphatic carbocycles. The number of unbranched alkanes of at least 4 members (excludes halogenated alkanes) is 21. The van der Waals surface area contributed by atoms with Gasteiger partial charge >= 0.3 is 5.97 Å². The molecule has 0 spiro atoms. The summed E-state index contributed by atoms with van der Waals surface area (Å²) in [5, 5.41) is 0. The quantitative estimate of drug-likeness (QED) is 0.0692. The van der Waals surface area contributed by atoms with Crippen molar-refractivity contribution >= 4 is 5.97 Å². The van der Waals surface area contributed by atoms with Crippen LogP contribution < -0.4 is 0 Å². The van der Waals surface area contributed by atoms with Gasteiger partial charge < -0.3 is 4.74 Å². The first kappa shape index (κ1) is 36.5. The molecule has 0 amide bonds. The molecule has 0 radical (unpaired) electrons. The molecule has 2 atom stereocenters. The van der Waals surface area contributed by atoms with Gasteiger partial charge in [0.1, 0.15) is 0 Å². The van der Waals surface area contributed by atoms with Crippen LogP contribution in [-0.4, -0.2) is 12.6 Å². The zero-order chi connectivity index (χ0) is 27.2. The van der Waals surface area contributed by atoms with Gasteiger partial charge in [0.25, 0.3) is 0 Å². The summed E-state index contributed by atoms with van der Waals surface area (Å²) in [6.07, 6.45) is 36.0. The van der Waals surface area contributed by atoms with Crippen LogP contribution in [0.3, 0.4) is 0 Å². The molecule has 0 aromatic heterocycles. The predicted octanol–water partition coefficient (Wildman–Crippen LogP) is 12.4. The first-order valence-electron chi connectivity index (χ1n) is 17.3. The highest BCUT2D eigenvalue weighted by Gasteiger charge is 2.17. The Labute approximate surface area is 234 Å². The summed E-state index contributed by atoms with van der Waals surface area (Å²) in [6.45, 7) is 9.59. The zero-order valence-corrected chi connectivity index (χ0v) is 26.3. The largest absolute Gasteiger partial charge is 0.465 e. The maximum absolute atomic E-state index is 12.7. The Morgan fingerprint density at radius 1 is 0.459 bits per heavy atom. The number of carbonyl (C=O) groups is 1. The third-order valence-electron chi connectivity index (χ3n) is 8.29. The monoisotopic (exact) mass is 523 g/mol. The van der Waals surface area contributed by atoms with Gasteiger partial charge in [0, 0.05) is 0 Å². The lowest BCUT2D eigenvalue weighted by Gasteiger charge is -2.19. The van der Waals surface area contributed by atoms with Gasteiger partial charge in [0.2, 0.25) is 0 Å². The van der Waals surface area contributed by atoms with E-state index in [2.05, 4.69) is 27.7 Å². The molecule has 222 valence electrons. The Balaban J connectivity index is 4.06.